The van der Waals surface area contributed by atoms with Gasteiger partial charge in [0.25, 0.3) is 5.56 Å². The van der Waals surface area contributed by atoms with Gasteiger partial charge in [-0.25, -0.2) is 4.98 Å². The fraction of sp³-hybridized carbons (Fsp3) is 0.190. The molecule has 1 aromatic heterocycles. The van der Waals surface area contributed by atoms with E-state index in [2.05, 4.69) is 10.3 Å². The van der Waals surface area contributed by atoms with Crippen molar-refractivity contribution < 1.29 is 4.79 Å². The smallest absolute Gasteiger partial charge is 0.254 e. The molecule has 0 unspecified atom stereocenters. The Morgan fingerprint density at radius 3 is 2.61 bits per heavy atom. The number of hydrogen-bond donors (Lipinski definition) is 1. The lowest BCUT2D eigenvalue weighted by Crippen LogP contribution is -2.29. The Balaban J connectivity index is 1.80. The second-order valence-corrected chi connectivity index (χ2v) is 7.70. The molecular formula is C21H20ClN3O2S. The van der Waals surface area contributed by atoms with E-state index in [9.17, 15) is 9.59 Å². The molecule has 7 heteroatoms. The SMILES string of the molecule is Cc1cc(=O)n(CC(=O)Nc2ccccc2C)c(SCc2ccccc2Cl)n1. The Labute approximate surface area is 172 Å². The van der Waals surface area contributed by atoms with Crippen molar-refractivity contribution in [2.24, 2.45) is 0 Å². The van der Waals surface area contributed by atoms with Gasteiger partial charge < -0.3 is 5.32 Å². The van der Waals surface area contributed by atoms with Crippen LogP contribution in [0.5, 0.6) is 0 Å². The van der Waals surface area contributed by atoms with E-state index in [0.29, 0.717) is 21.6 Å². The van der Waals surface area contributed by atoms with Gasteiger partial charge in [-0.1, -0.05) is 59.8 Å². The van der Waals surface area contributed by atoms with Crippen molar-refractivity contribution in [1.82, 2.24) is 9.55 Å². The highest BCUT2D eigenvalue weighted by molar-refractivity contribution is 7.98. The standard InChI is InChI=1S/C21H20ClN3O2S/c1-14-7-3-6-10-18(14)24-19(26)12-25-20(27)11-15(2)23-21(25)28-13-16-8-4-5-9-17(16)22/h3-11H,12-13H2,1-2H3,(H,24,26). The van der Waals surface area contributed by atoms with E-state index in [1.54, 1.807) is 6.92 Å². The Bertz CT molecular complexity index is 1070. The van der Waals surface area contributed by atoms with Crippen LogP contribution in [0.15, 0.2) is 64.5 Å². The van der Waals surface area contributed by atoms with E-state index in [0.717, 1.165) is 16.8 Å². The number of halogens is 1. The average Bonchev–Trinajstić information content (AvgIpc) is 2.65. The van der Waals surface area contributed by atoms with E-state index in [4.69, 9.17) is 11.6 Å². The van der Waals surface area contributed by atoms with E-state index in [1.807, 2.05) is 55.5 Å². The highest BCUT2D eigenvalue weighted by Gasteiger charge is 2.13. The third-order valence-corrected chi connectivity index (χ3v) is 5.53. The van der Waals surface area contributed by atoms with Crippen molar-refractivity contribution in [3.05, 3.63) is 86.8 Å². The van der Waals surface area contributed by atoms with Crippen LogP contribution in [0.25, 0.3) is 0 Å². The first kappa shape index (κ1) is 20.2. The largest absolute Gasteiger partial charge is 0.324 e. The van der Waals surface area contributed by atoms with Crippen LogP contribution in [0, 0.1) is 13.8 Å². The molecule has 1 N–H and O–H groups in total. The quantitative estimate of drug-likeness (QED) is 0.479. The number of benzene rings is 2. The highest BCUT2D eigenvalue weighted by atomic mass is 35.5. The van der Waals surface area contributed by atoms with Crippen LogP contribution in [-0.2, 0) is 17.1 Å². The molecule has 144 valence electrons. The minimum Gasteiger partial charge on any atom is -0.324 e. The van der Waals surface area contributed by atoms with Crippen molar-refractivity contribution in [3.8, 4) is 0 Å². The van der Waals surface area contributed by atoms with E-state index in [-0.39, 0.29) is 18.0 Å². The van der Waals surface area contributed by atoms with Crippen LogP contribution in [0.1, 0.15) is 16.8 Å². The van der Waals surface area contributed by atoms with Crippen LogP contribution in [0.3, 0.4) is 0 Å². The van der Waals surface area contributed by atoms with E-state index >= 15 is 0 Å². The second-order valence-electron chi connectivity index (χ2n) is 6.35. The molecule has 0 spiro atoms. The summed E-state index contributed by atoms with van der Waals surface area (Å²) in [6.45, 7) is 3.57. The summed E-state index contributed by atoms with van der Waals surface area (Å²) in [4.78, 5) is 29.5. The fourth-order valence-electron chi connectivity index (χ4n) is 2.65. The number of amides is 1. The molecule has 0 fully saturated rings. The van der Waals surface area contributed by atoms with Crippen LogP contribution in [0.4, 0.5) is 5.69 Å². The molecule has 0 atom stereocenters. The highest BCUT2D eigenvalue weighted by Crippen LogP contribution is 2.25. The number of anilines is 1. The molecule has 0 aliphatic heterocycles. The first-order valence-electron chi connectivity index (χ1n) is 8.74. The molecule has 0 saturated carbocycles. The number of rotatable bonds is 6. The number of carbonyl (C=O) groups is 1. The van der Waals surface area contributed by atoms with E-state index < -0.39 is 0 Å². The summed E-state index contributed by atoms with van der Waals surface area (Å²) in [7, 11) is 0. The molecule has 2 aromatic carbocycles. The third kappa shape index (κ3) is 5.03. The number of carbonyl (C=O) groups excluding carboxylic acids is 1. The zero-order chi connectivity index (χ0) is 20.1. The molecular weight excluding hydrogens is 394 g/mol. The van der Waals surface area contributed by atoms with Crippen molar-refractivity contribution in [3.63, 3.8) is 0 Å². The molecule has 1 heterocycles. The average molecular weight is 414 g/mol. The summed E-state index contributed by atoms with van der Waals surface area (Å²) in [6.07, 6.45) is 0. The van der Waals surface area contributed by atoms with Gasteiger partial charge in [0, 0.05) is 28.2 Å². The summed E-state index contributed by atoms with van der Waals surface area (Å²) < 4.78 is 1.39. The number of para-hydroxylation sites is 1. The molecule has 0 aliphatic rings. The molecule has 1 amide bonds. The summed E-state index contributed by atoms with van der Waals surface area (Å²) in [6, 6.07) is 16.5. The maximum atomic E-state index is 12.5. The van der Waals surface area contributed by atoms with Crippen LogP contribution < -0.4 is 10.9 Å². The Morgan fingerprint density at radius 1 is 1.14 bits per heavy atom. The minimum atomic E-state index is -0.276. The van der Waals surface area contributed by atoms with Gasteiger partial charge >= 0.3 is 0 Å². The Morgan fingerprint density at radius 2 is 1.86 bits per heavy atom. The molecule has 28 heavy (non-hydrogen) atoms. The number of aromatic nitrogens is 2. The number of aryl methyl sites for hydroxylation is 2. The number of nitrogens with one attached hydrogen (secondary N) is 1. The maximum Gasteiger partial charge on any atom is 0.254 e. The first-order valence-corrected chi connectivity index (χ1v) is 10.1. The zero-order valence-corrected chi connectivity index (χ0v) is 17.2. The van der Waals surface area contributed by atoms with Gasteiger partial charge in [0.1, 0.15) is 6.54 Å². The maximum absolute atomic E-state index is 12.5. The van der Waals surface area contributed by atoms with Crippen molar-refractivity contribution in [2.75, 3.05) is 5.32 Å². The summed E-state index contributed by atoms with van der Waals surface area (Å²) >= 11 is 7.60. The van der Waals surface area contributed by atoms with Crippen molar-refractivity contribution in [2.45, 2.75) is 31.3 Å². The summed E-state index contributed by atoms with van der Waals surface area (Å²) in [5.74, 6) is 0.274. The molecule has 5 nitrogen and oxygen atoms in total. The molecule has 0 saturated heterocycles. The molecule has 3 aromatic rings. The molecule has 0 bridgehead atoms. The predicted molar refractivity (Wildman–Crippen MR) is 114 cm³/mol. The van der Waals surface area contributed by atoms with Crippen LogP contribution in [0.2, 0.25) is 5.02 Å². The van der Waals surface area contributed by atoms with Gasteiger partial charge in [-0.15, -0.1) is 0 Å². The first-order chi connectivity index (χ1) is 13.4. The molecule has 0 radical (unpaired) electrons. The van der Waals surface area contributed by atoms with Gasteiger partial charge in [-0.3, -0.25) is 14.2 Å². The van der Waals surface area contributed by atoms with Gasteiger partial charge in [0.2, 0.25) is 5.91 Å². The lowest BCUT2D eigenvalue weighted by atomic mass is 10.2. The second kappa shape index (κ2) is 9.08. The van der Waals surface area contributed by atoms with Gasteiger partial charge in [0.05, 0.1) is 0 Å². The Hall–Kier alpha value is -2.57. The number of hydrogen-bond acceptors (Lipinski definition) is 4. The lowest BCUT2D eigenvalue weighted by molar-refractivity contribution is -0.116. The van der Waals surface area contributed by atoms with Crippen LogP contribution in [-0.4, -0.2) is 15.5 Å². The molecule has 0 aliphatic carbocycles. The predicted octanol–water partition coefficient (Wildman–Crippen LogP) is 4.44. The van der Waals surface area contributed by atoms with Gasteiger partial charge in [0.15, 0.2) is 5.16 Å². The van der Waals surface area contributed by atoms with Crippen LogP contribution >= 0.6 is 23.4 Å². The lowest BCUT2D eigenvalue weighted by Gasteiger charge is -2.13. The molecule has 3 rings (SSSR count). The van der Waals surface area contributed by atoms with Gasteiger partial charge in [-0.05, 0) is 37.1 Å². The van der Waals surface area contributed by atoms with Crippen molar-refractivity contribution >= 4 is 35.0 Å². The van der Waals surface area contributed by atoms with Crippen molar-refractivity contribution in [1.29, 1.82) is 0 Å². The Kier molecular flexibility index (Phi) is 6.54. The van der Waals surface area contributed by atoms with E-state index in [1.165, 1.54) is 22.4 Å². The minimum absolute atomic E-state index is 0.106. The topological polar surface area (TPSA) is 64.0 Å². The normalized spacial score (nSPS) is 10.7. The fourth-order valence-corrected chi connectivity index (χ4v) is 3.99. The monoisotopic (exact) mass is 413 g/mol. The zero-order valence-electron chi connectivity index (χ0n) is 15.6. The summed E-state index contributed by atoms with van der Waals surface area (Å²) in [5, 5.41) is 4.01. The number of nitrogens with zero attached hydrogens (tertiary/aromatic N) is 2. The summed E-state index contributed by atoms with van der Waals surface area (Å²) in [5.41, 5.74) is 2.99. The third-order valence-electron chi connectivity index (χ3n) is 4.14. The number of thioether (sulfide) groups is 1. The van der Waals surface area contributed by atoms with Gasteiger partial charge in [-0.2, -0.15) is 0 Å².